The van der Waals surface area contributed by atoms with Crippen molar-refractivity contribution >= 4 is 24.8 Å². The van der Waals surface area contributed by atoms with E-state index in [0.717, 1.165) is 22.1 Å². The van der Waals surface area contributed by atoms with Crippen molar-refractivity contribution in [2.24, 2.45) is 0 Å². The third-order valence-corrected chi connectivity index (χ3v) is 6.01. The Labute approximate surface area is 155 Å². The Hall–Kier alpha value is -1.59. The van der Waals surface area contributed by atoms with Crippen molar-refractivity contribution < 1.29 is 19.5 Å². The van der Waals surface area contributed by atoms with Crippen LogP contribution in [0.1, 0.15) is 25.0 Å². The zero-order chi connectivity index (χ0) is 18.4. The van der Waals surface area contributed by atoms with E-state index in [0.29, 0.717) is 25.9 Å². The van der Waals surface area contributed by atoms with Crippen molar-refractivity contribution in [3.8, 4) is 0 Å². The highest BCUT2D eigenvalue weighted by Gasteiger charge is 2.49. The standard InChI is InChI=1S/C20H24B2O4/c1-19(23,13-21-17-9-5-3-7-15(17)11-25-21)20(2,24)14-22-18-10-6-4-8-16(18)12-26-22/h3-10,23-24H,11-14H2,1-2H3. The highest BCUT2D eigenvalue weighted by Crippen LogP contribution is 2.34. The lowest BCUT2D eigenvalue weighted by atomic mass is 9.48. The molecule has 2 N–H and O–H groups in total. The molecule has 0 saturated carbocycles. The van der Waals surface area contributed by atoms with Gasteiger partial charge in [-0.15, -0.1) is 0 Å². The Balaban J connectivity index is 1.50. The molecule has 2 aliphatic rings. The average Bonchev–Trinajstić information content (AvgIpc) is 3.19. The molecule has 26 heavy (non-hydrogen) atoms. The molecule has 0 saturated heterocycles. The molecule has 2 heterocycles. The van der Waals surface area contributed by atoms with Crippen LogP contribution in [-0.4, -0.2) is 35.2 Å². The third kappa shape index (κ3) is 3.12. The molecule has 0 aromatic heterocycles. The van der Waals surface area contributed by atoms with Gasteiger partial charge in [0.05, 0.1) is 24.4 Å². The van der Waals surface area contributed by atoms with Crippen LogP contribution >= 0.6 is 0 Å². The molecular formula is C20H24B2O4. The summed E-state index contributed by atoms with van der Waals surface area (Å²) in [6, 6.07) is 16.1. The number of rotatable bonds is 5. The second-order valence-electron chi connectivity index (χ2n) is 7.95. The van der Waals surface area contributed by atoms with E-state index in [-0.39, 0.29) is 13.8 Å². The maximum atomic E-state index is 11.2. The maximum absolute atomic E-state index is 11.2. The van der Waals surface area contributed by atoms with E-state index < -0.39 is 11.2 Å². The van der Waals surface area contributed by atoms with Gasteiger partial charge in [0.25, 0.3) is 0 Å². The van der Waals surface area contributed by atoms with Gasteiger partial charge in [-0.25, -0.2) is 0 Å². The van der Waals surface area contributed by atoms with E-state index in [2.05, 4.69) is 0 Å². The molecule has 4 nitrogen and oxygen atoms in total. The molecule has 2 aromatic carbocycles. The van der Waals surface area contributed by atoms with Gasteiger partial charge >= 0.3 is 13.8 Å². The quantitative estimate of drug-likeness (QED) is 0.800. The topological polar surface area (TPSA) is 58.9 Å². The fraction of sp³-hybridized carbons (Fsp3) is 0.400. The van der Waals surface area contributed by atoms with Crippen molar-refractivity contribution in [1.29, 1.82) is 0 Å². The molecule has 2 aromatic rings. The monoisotopic (exact) mass is 350 g/mol. The van der Waals surface area contributed by atoms with Crippen LogP contribution in [0.2, 0.25) is 12.6 Å². The van der Waals surface area contributed by atoms with Crippen LogP contribution in [-0.2, 0) is 22.5 Å². The first-order chi connectivity index (χ1) is 12.4. The summed E-state index contributed by atoms with van der Waals surface area (Å²) in [6.45, 7) is 4.08. The fourth-order valence-electron chi connectivity index (χ4n) is 4.02. The summed E-state index contributed by atoms with van der Waals surface area (Å²) < 4.78 is 11.8. The van der Waals surface area contributed by atoms with Crippen LogP contribution in [0.4, 0.5) is 0 Å². The second kappa shape index (κ2) is 6.54. The molecule has 6 heteroatoms. The SMILES string of the molecule is CC(O)(CB1OCc2ccccc21)C(C)(O)CB1OCc2ccccc21. The zero-order valence-corrected chi connectivity index (χ0v) is 15.3. The summed E-state index contributed by atoms with van der Waals surface area (Å²) in [6.07, 6.45) is 0.677. The van der Waals surface area contributed by atoms with Crippen LogP contribution in [0.25, 0.3) is 0 Å². The van der Waals surface area contributed by atoms with Gasteiger partial charge in [-0.1, -0.05) is 48.5 Å². The molecule has 4 rings (SSSR count). The van der Waals surface area contributed by atoms with E-state index in [1.54, 1.807) is 13.8 Å². The molecular weight excluding hydrogens is 326 g/mol. The third-order valence-electron chi connectivity index (χ3n) is 6.01. The van der Waals surface area contributed by atoms with Crippen LogP contribution in [0.5, 0.6) is 0 Å². The molecule has 2 atom stereocenters. The first-order valence-electron chi connectivity index (χ1n) is 9.21. The fourth-order valence-corrected chi connectivity index (χ4v) is 4.02. The van der Waals surface area contributed by atoms with Gasteiger partial charge in [0.1, 0.15) is 0 Å². The molecule has 0 spiro atoms. The van der Waals surface area contributed by atoms with Gasteiger partial charge in [0, 0.05) is 0 Å². The highest BCUT2D eigenvalue weighted by atomic mass is 16.4. The molecule has 0 bridgehead atoms. The Morgan fingerprint density at radius 2 is 1.15 bits per heavy atom. The van der Waals surface area contributed by atoms with E-state index in [1.807, 2.05) is 48.5 Å². The largest absolute Gasteiger partial charge is 0.427 e. The molecule has 0 amide bonds. The Kier molecular flexibility index (Phi) is 4.48. The molecule has 0 radical (unpaired) electrons. The van der Waals surface area contributed by atoms with Gasteiger partial charge in [0.15, 0.2) is 0 Å². The number of aliphatic hydroxyl groups is 2. The number of fused-ring (bicyclic) bond motifs is 2. The number of hydrogen-bond donors (Lipinski definition) is 2. The number of hydrogen-bond acceptors (Lipinski definition) is 4. The minimum atomic E-state index is -1.31. The predicted octanol–water partition coefficient (Wildman–Crippen LogP) is 1.35. The predicted molar refractivity (Wildman–Crippen MR) is 104 cm³/mol. The van der Waals surface area contributed by atoms with Gasteiger partial charge < -0.3 is 19.5 Å². The Morgan fingerprint density at radius 3 is 1.58 bits per heavy atom. The van der Waals surface area contributed by atoms with Gasteiger partial charge in [-0.05, 0) is 48.5 Å². The Bertz CT molecular complexity index is 738. The molecule has 2 aliphatic heterocycles. The van der Waals surface area contributed by atoms with E-state index in [9.17, 15) is 10.2 Å². The molecule has 0 fully saturated rings. The zero-order valence-electron chi connectivity index (χ0n) is 15.3. The van der Waals surface area contributed by atoms with E-state index in [1.165, 1.54) is 0 Å². The second-order valence-corrected chi connectivity index (χ2v) is 7.95. The Morgan fingerprint density at radius 1 is 0.769 bits per heavy atom. The summed E-state index contributed by atoms with van der Waals surface area (Å²) in [5, 5.41) is 22.3. The lowest BCUT2D eigenvalue weighted by molar-refractivity contribution is -0.110. The van der Waals surface area contributed by atoms with Crippen molar-refractivity contribution in [1.82, 2.24) is 0 Å². The van der Waals surface area contributed by atoms with Crippen LogP contribution in [0.3, 0.4) is 0 Å². The van der Waals surface area contributed by atoms with E-state index in [4.69, 9.17) is 9.31 Å². The minimum absolute atomic E-state index is 0.204. The normalized spacial score (nSPS) is 20.5. The lowest BCUT2D eigenvalue weighted by Gasteiger charge is -2.40. The van der Waals surface area contributed by atoms with Crippen LogP contribution in [0.15, 0.2) is 48.5 Å². The van der Waals surface area contributed by atoms with Crippen molar-refractivity contribution in [2.45, 2.75) is 50.9 Å². The van der Waals surface area contributed by atoms with Crippen LogP contribution < -0.4 is 10.9 Å². The highest BCUT2D eigenvalue weighted by molar-refractivity contribution is 6.70. The van der Waals surface area contributed by atoms with Crippen molar-refractivity contribution in [3.63, 3.8) is 0 Å². The van der Waals surface area contributed by atoms with E-state index >= 15 is 0 Å². The van der Waals surface area contributed by atoms with Gasteiger partial charge in [-0.3, -0.25) is 0 Å². The average molecular weight is 350 g/mol. The van der Waals surface area contributed by atoms with Crippen LogP contribution in [0, 0.1) is 0 Å². The van der Waals surface area contributed by atoms with Gasteiger partial charge in [0.2, 0.25) is 0 Å². The number of benzene rings is 2. The minimum Gasteiger partial charge on any atom is -0.427 e. The molecule has 134 valence electrons. The van der Waals surface area contributed by atoms with Gasteiger partial charge in [-0.2, -0.15) is 0 Å². The summed E-state index contributed by atoms with van der Waals surface area (Å²) in [4.78, 5) is 0. The molecule has 2 unspecified atom stereocenters. The summed E-state index contributed by atoms with van der Waals surface area (Å²) >= 11 is 0. The van der Waals surface area contributed by atoms with Crippen molar-refractivity contribution in [3.05, 3.63) is 59.7 Å². The molecule has 0 aliphatic carbocycles. The maximum Gasteiger partial charge on any atom is 0.330 e. The first kappa shape index (κ1) is 17.8. The first-order valence-corrected chi connectivity index (χ1v) is 9.21. The lowest BCUT2D eigenvalue weighted by Crippen LogP contribution is -2.56. The summed E-state index contributed by atoms with van der Waals surface area (Å²) in [5.41, 5.74) is 1.89. The smallest absolute Gasteiger partial charge is 0.330 e. The summed E-state index contributed by atoms with van der Waals surface area (Å²) in [5.74, 6) is 0. The summed E-state index contributed by atoms with van der Waals surface area (Å²) in [7, 11) is 0. The van der Waals surface area contributed by atoms with Crippen molar-refractivity contribution in [2.75, 3.05) is 0 Å².